The van der Waals surface area contributed by atoms with E-state index in [2.05, 4.69) is 30.7 Å². The van der Waals surface area contributed by atoms with Gasteiger partial charge in [0.2, 0.25) is 25.9 Å². The first-order chi connectivity index (χ1) is 19.6. The molecule has 2 fully saturated rings. The second-order valence-corrected chi connectivity index (χ2v) is 13.9. The molecule has 1 aromatic heterocycles. The zero-order valence-corrected chi connectivity index (χ0v) is 24.1. The molecule has 2 saturated heterocycles. The smallest absolute Gasteiger partial charge is 0.243 e. The highest BCUT2D eigenvalue weighted by molar-refractivity contribution is 7.89. The number of nitrogens with zero attached hydrogens (tertiary/aromatic N) is 4. The van der Waals surface area contributed by atoms with E-state index in [1.54, 1.807) is 36.4 Å². The van der Waals surface area contributed by atoms with Crippen LogP contribution in [0.2, 0.25) is 0 Å². The van der Waals surface area contributed by atoms with E-state index in [1.165, 1.54) is 23.5 Å². The number of aliphatic hydroxyl groups excluding tert-OH is 1. The number of rotatable bonds is 11. The summed E-state index contributed by atoms with van der Waals surface area (Å²) in [4.78, 5) is 0.254. The van der Waals surface area contributed by atoms with E-state index >= 15 is 0 Å². The zero-order chi connectivity index (χ0) is 29.1. The first-order valence-electron chi connectivity index (χ1n) is 13.2. The van der Waals surface area contributed by atoms with E-state index in [0.717, 1.165) is 0 Å². The van der Waals surface area contributed by atoms with Crippen molar-refractivity contribution in [2.75, 3.05) is 39.9 Å². The molecule has 3 aromatic rings. The Morgan fingerprint density at radius 2 is 1.90 bits per heavy atom. The summed E-state index contributed by atoms with van der Waals surface area (Å²) in [5.74, 6) is 0.662. The molecule has 2 aromatic carbocycles. The number of tetrazole rings is 1. The molecule has 1 spiro atoms. The Kier molecular flexibility index (Phi) is 8.70. The van der Waals surface area contributed by atoms with Gasteiger partial charge < -0.3 is 19.9 Å². The second-order valence-electron chi connectivity index (χ2n) is 10.1. The molecule has 14 nitrogen and oxygen atoms in total. The van der Waals surface area contributed by atoms with E-state index in [-0.39, 0.29) is 29.0 Å². The Labute approximate surface area is 238 Å². The Hall–Kier alpha value is -2.99. The van der Waals surface area contributed by atoms with Crippen LogP contribution in [0.15, 0.2) is 58.3 Å². The topological polar surface area (TPSA) is 189 Å². The van der Waals surface area contributed by atoms with Crippen molar-refractivity contribution in [1.82, 2.24) is 35.0 Å². The minimum Gasteiger partial charge on any atom is -0.491 e. The van der Waals surface area contributed by atoms with Crippen molar-refractivity contribution in [3.05, 3.63) is 48.5 Å². The van der Waals surface area contributed by atoms with Gasteiger partial charge in [-0.15, -0.1) is 10.2 Å². The van der Waals surface area contributed by atoms with Gasteiger partial charge >= 0.3 is 0 Å². The maximum Gasteiger partial charge on any atom is 0.243 e. The lowest BCUT2D eigenvalue weighted by Crippen LogP contribution is -2.47. The molecule has 0 amide bonds. The van der Waals surface area contributed by atoms with Crippen LogP contribution in [0.5, 0.6) is 5.75 Å². The average molecular weight is 608 g/mol. The van der Waals surface area contributed by atoms with Crippen molar-refractivity contribution in [3.8, 4) is 17.1 Å². The summed E-state index contributed by atoms with van der Waals surface area (Å²) < 4.78 is 66.1. The quantitative estimate of drug-likeness (QED) is 0.232. The summed E-state index contributed by atoms with van der Waals surface area (Å²) >= 11 is 0. The summed E-state index contributed by atoms with van der Waals surface area (Å²) in [5, 5.41) is 27.5. The summed E-state index contributed by atoms with van der Waals surface area (Å²) in [6.07, 6.45) is 0.997. The van der Waals surface area contributed by atoms with Gasteiger partial charge in [0.25, 0.3) is 0 Å². The standard InChI is InChI=1S/C25H33N7O7S2/c1-26-40(34,35)22-6-3-5-21(13-22)38-17-20(33)15-27-19-14-25(39-16-19)8-10-32(11-9-25)41(36,37)23-7-2-4-18(12-23)24-28-30-31-29-24/h2-7,12-13,19-20,26-27,33H,8-11,14-17H2,1H3,(H,28,29,30,31). The number of aromatic nitrogens is 4. The lowest BCUT2D eigenvalue weighted by molar-refractivity contribution is -0.0312. The molecule has 2 aliphatic rings. The summed E-state index contributed by atoms with van der Waals surface area (Å²) in [6.45, 7) is 1.36. The van der Waals surface area contributed by atoms with Crippen molar-refractivity contribution in [2.45, 2.75) is 46.8 Å². The van der Waals surface area contributed by atoms with Gasteiger partial charge in [-0.05, 0) is 55.8 Å². The summed E-state index contributed by atoms with van der Waals surface area (Å²) in [6, 6.07) is 12.6. The maximum absolute atomic E-state index is 13.3. The highest BCUT2D eigenvalue weighted by Crippen LogP contribution is 2.37. The maximum atomic E-state index is 13.3. The Morgan fingerprint density at radius 1 is 1.15 bits per heavy atom. The molecule has 2 unspecified atom stereocenters. The van der Waals surface area contributed by atoms with Gasteiger partial charge in [0, 0.05) is 37.3 Å². The van der Waals surface area contributed by atoms with E-state index in [4.69, 9.17) is 9.47 Å². The number of sulfonamides is 2. The lowest BCUT2D eigenvalue weighted by atomic mass is 9.88. The van der Waals surface area contributed by atoms with Gasteiger partial charge in [0.15, 0.2) is 0 Å². The van der Waals surface area contributed by atoms with Crippen LogP contribution in [0.25, 0.3) is 11.4 Å². The molecule has 2 aliphatic heterocycles. The summed E-state index contributed by atoms with van der Waals surface area (Å²) in [7, 11) is -5.97. The molecular formula is C25H33N7O7S2. The molecule has 0 aliphatic carbocycles. The third kappa shape index (κ3) is 6.74. The number of piperidine rings is 1. The van der Waals surface area contributed by atoms with Crippen LogP contribution < -0.4 is 14.8 Å². The normalized spacial score (nSPS) is 20.3. The van der Waals surface area contributed by atoms with Crippen molar-refractivity contribution in [2.24, 2.45) is 0 Å². The molecule has 3 heterocycles. The fourth-order valence-electron chi connectivity index (χ4n) is 5.09. The number of aliphatic hydroxyl groups is 1. The minimum atomic E-state index is -3.71. The average Bonchev–Trinajstić information content (AvgIpc) is 3.66. The lowest BCUT2D eigenvalue weighted by Gasteiger charge is -2.38. The van der Waals surface area contributed by atoms with Crippen LogP contribution >= 0.6 is 0 Å². The van der Waals surface area contributed by atoms with Crippen LogP contribution in [-0.4, -0.2) is 105 Å². The van der Waals surface area contributed by atoms with E-state index in [0.29, 0.717) is 56.1 Å². The Bertz CT molecular complexity index is 1540. The van der Waals surface area contributed by atoms with Crippen LogP contribution in [0.4, 0.5) is 0 Å². The molecule has 41 heavy (non-hydrogen) atoms. The van der Waals surface area contributed by atoms with Crippen LogP contribution in [-0.2, 0) is 24.8 Å². The van der Waals surface area contributed by atoms with E-state index in [1.807, 2.05) is 0 Å². The van der Waals surface area contributed by atoms with Crippen LogP contribution in [0.1, 0.15) is 19.3 Å². The Balaban J connectivity index is 1.09. The number of nitrogens with one attached hydrogen (secondary N) is 3. The molecule has 16 heteroatoms. The first kappa shape index (κ1) is 29.5. The molecule has 5 rings (SSSR count). The summed E-state index contributed by atoms with van der Waals surface area (Å²) in [5.41, 5.74) is 0.140. The predicted octanol–water partition coefficient (Wildman–Crippen LogP) is 0.117. The van der Waals surface area contributed by atoms with Gasteiger partial charge in [-0.25, -0.2) is 21.6 Å². The predicted molar refractivity (Wildman–Crippen MR) is 147 cm³/mol. The number of benzene rings is 2. The van der Waals surface area contributed by atoms with Crippen LogP contribution in [0.3, 0.4) is 0 Å². The molecule has 222 valence electrons. The van der Waals surface area contributed by atoms with E-state index in [9.17, 15) is 21.9 Å². The van der Waals surface area contributed by atoms with Crippen LogP contribution in [0, 0.1) is 0 Å². The fraction of sp³-hybridized carbons (Fsp3) is 0.480. The minimum absolute atomic E-state index is 0.00329. The third-order valence-corrected chi connectivity index (χ3v) is 10.7. The first-order valence-corrected chi connectivity index (χ1v) is 16.1. The number of hydrogen-bond donors (Lipinski definition) is 4. The van der Waals surface area contributed by atoms with E-state index < -0.39 is 31.8 Å². The molecule has 4 N–H and O–H groups in total. The molecule has 2 atom stereocenters. The highest BCUT2D eigenvalue weighted by atomic mass is 32.2. The largest absolute Gasteiger partial charge is 0.491 e. The van der Waals surface area contributed by atoms with Gasteiger partial charge in [-0.1, -0.05) is 18.2 Å². The van der Waals surface area contributed by atoms with Crippen molar-refractivity contribution < 1.29 is 31.4 Å². The second kappa shape index (κ2) is 12.1. The molecule has 0 saturated carbocycles. The number of ether oxygens (including phenoxy) is 2. The monoisotopic (exact) mass is 607 g/mol. The SMILES string of the molecule is CNS(=O)(=O)c1cccc(OCC(O)CNC2COC3(CCN(S(=O)(=O)c4cccc(-c5nn[nH]n5)c4)CC3)C2)c1. The zero-order valence-electron chi connectivity index (χ0n) is 22.4. The molecule has 0 radical (unpaired) electrons. The Morgan fingerprint density at radius 3 is 2.63 bits per heavy atom. The van der Waals surface area contributed by atoms with Crippen molar-refractivity contribution in [3.63, 3.8) is 0 Å². The van der Waals surface area contributed by atoms with Crippen molar-refractivity contribution in [1.29, 1.82) is 0 Å². The molecule has 0 bridgehead atoms. The third-order valence-electron chi connectivity index (χ3n) is 7.39. The highest BCUT2D eigenvalue weighted by Gasteiger charge is 2.44. The number of hydrogen-bond acceptors (Lipinski definition) is 11. The van der Waals surface area contributed by atoms with Crippen molar-refractivity contribution >= 4 is 20.0 Å². The van der Waals surface area contributed by atoms with Gasteiger partial charge in [-0.3, -0.25) is 0 Å². The van der Waals surface area contributed by atoms with Gasteiger partial charge in [0.05, 0.1) is 22.0 Å². The number of H-pyrrole nitrogens is 1. The molecular weight excluding hydrogens is 574 g/mol. The van der Waals surface area contributed by atoms with Gasteiger partial charge in [0.1, 0.15) is 18.5 Å². The van der Waals surface area contributed by atoms with Gasteiger partial charge in [-0.2, -0.15) is 9.52 Å². The number of aromatic amines is 1. The fourth-order valence-corrected chi connectivity index (χ4v) is 7.34.